The molecule has 0 bridgehead atoms. The van der Waals surface area contributed by atoms with Crippen LogP contribution in [0.4, 0.5) is 13.2 Å². The van der Waals surface area contributed by atoms with Crippen molar-refractivity contribution in [2.75, 3.05) is 6.54 Å². The zero-order valence-corrected chi connectivity index (χ0v) is 8.47. The fourth-order valence-corrected chi connectivity index (χ4v) is 1.76. The summed E-state index contributed by atoms with van der Waals surface area (Å²) in [5, 5.41) is 0. The second kappa shape index (κ2) is 4.15. The van der Waals surface area contributed by atoms with Gasteiger partial charge in [0.1, 0.15) is 0 Å². The third kappa shape index (κ3) is 1.89. The fourth-order valence-electron chi connectivity index (χ4n) is 1.76. The molecule has 0 radical (unpaired) electrons. The molecule has 0 aliphatic carbocycles. The van der Waals surface area contributed by atoms with Gasteiger partial charge in [-0.1, -0.05) is 6.07 Å². The highest BCUT2D eigenvalue weighted by Gasteiger charge is 2.22. The molecule has 16 heavy (non-hydrogen) atoms. The fraction of sp³-hybridized carbons (Fsp3) is 0.364. The summed E-state index contributed by atoms with van der Waals surface area (Å²) in [6, 6.07) is 2.04. The lowest BCUT2D eigenvalue weighted by Crippen LogP contribution is -2.24. The molecule has 1 aliphatic rings. The van der Waals surface area contributed by atoms with E-state index in [9.17, 15) is 18.0 Å². The summed E-state index contributed by atoms with van der Waals surface area (Å²) in [6.45, 7) is 0.541. The van der Waals surface area contributed by atoms with Crippen LogP contribution in [0.25, 0.3) is 0 Å². The first kappa shape index (κ1) is 11.0. The Balaban J connectivity index is 2.22. The molecule has 0 atom stereocenters. The average molecular weight is 229 g/mol. The van der Waals surface area contributed by atoms with Gasteiger partial charge in [-0.15, -0.1) is 0 Å². The maximum atomic E-state index is 13.3. The van der Waals surface area contributed by atoms with Gasteiger partial charge in [0, 0.05) is 25.1 Å². The van der Waals surface area contributed by atoms with Gasteiger partial charge in [0.2, 0.25) is 5.91 Å². The molecule has 0 unspecified atom stereocenters. The van der Waals surface area contributed by atoms with E-state index >= 15 is 0 Å². The van der Waals surface area contributed by atoms with Gasteiger partial charge in [-0.05, 0) is 12.5 Å². The third-order valence-electron chi connectivity index (χ3n) is 2.65. The quantitative estimate of drug-likeness (QED) is 0.712. The Morgan fingerprint density at radius 2 is 1.94 bits per heavy atom. The van der Waals surface area contributed by atoms with Crippen LogP contribution in [0.2, 0.25) is 0 Å². The summed E-state index contributed by atoms with van der Waals surface area (Å²) in [7, 11) is 0. The van der Waals surface area contributed by atoms with E-state index in [1.54, 1.807) is 0 Å². The Labute approximate surface area is 90.7 Å². The topological polar surface area (TPSA) is 20.3 Å². The standard InChI is InChI=1S/C11H10F3NO/c12-8-4-3-7(10(13)11(8)14)6-15-5-1-2-9(15)16/h3-4H,1-2,5-6H2. The Morgan fingerprint density at radius 3 is 2.56 bits per heavy atom. The number of carbonyl (C=O) groups excluding carboxylic acids is 1. The van der Waals surface area contributed by atoms with Crippen molar-refractivity contribution in [3.8, 4) is 0 Å². The zero-order valence-electron chi connectivity index (χ0n) is 8.47. The van der Waals surface area contributed by atoms with E-state index in [1.807, 2.05) is 0 Å². The van der Waals surface area contributed by atoms with Crippen LogP contribution in [0.5, 0.6) is 0 Å². The normalized spacial score (nSPS) is 15.9. The molecule has 0 aromatic heterocycles. The Kier molecular flexibility index (Phi) is 2.85. The molecule has 1 aromatic rings. The molecule has 5 heteroatoms. The van der Waals surface area contributed by atoms with Crippen LogP contribution in [-0.4, -0.2) is 17.4 Å². The highest BCUT2D eigenvalue weighted by molar-refractivity contribution is 5.78. The summed E-state index contributed by atoms with van der Waals surface area (Å²) in [4.78, 5) is 12.7. The average Bonchev–Trinajstić information content (AvgIpc) is 2.65. The van der Waals surface area contributed by atoms with Gasteiger partial charge in [0.25, 0.3) is 0 Å². The maximum Gasteiger partial charge on any atom is 0.222 e. The Hall–Kier alpha value is -1.52. The summed E-state index contributed by atoms with van der Waals surface area (Å²) >= 11 is 0. The Morgan fingerprint density at radius 1 is 1.19 bits per heavy atom. The van der Waals surface area contributed by atoms with Crippen LogP contribution in [0, 0.1) is 17.5 Å². The van der Waals surface area contributed by atoms with Crippen molar-refractivity contribution in [3.05, 3.63) is 35.1 Å². The van der Waals surface area contributed by atoms with E-state index in [-0.39, 0.29) is 18.0 Å². The second-order valence-corrected chi connectivity index (χ2v) is 3.75. The van der Waals surface area contributed by atoms with Crippen molar-refractivity contribution in [1.82, 2.24) is 4.90 Å². The van der Waals surface area contributed by atoms with Gasteiger partial charge in [-0.2, -0.15) is 0 Å². The highest BCUT2D eigenvalue weighted by atomic mass is 19.2. The van der Waals surface area contributed by atoms with Gasteiger partial charge in [-0.25, -0.2) is 13.2 Å². The molecule has 1 saturated heterocycles. The number of amides is 1. The monoisotopic (exact) mass is 229 g/mol. The van der Waals surface area contributed by atoms with Crippen molar-refractivity contribution in [3.63, 3.8) is 0 Å². The van der Waals surface area contributed by atoms with Crippen molar-refractivity contribution < 1.29 is 18.0 Å². The number of rotatable bonds is 2. The first-order chi connectivity index (χ1) is 7.59. The number of halogens is 3. The molecule has 1 fully saturated rings. The molecule has 1 heterocycles. The molecule has 86 valence electrons. The lowest BCUT2D eigenvalue weighted by Gasteiger charge is -2.16. The van der Waals surface area contributed by atoms with Crippen molar-refractivity contribution in [2.24, 2.45) is 0 Å². The number of benzene rings is 1. The minimum Gasteiger partial charge on any atom is -0.338 e. The third-order valence-corrected chi connectivity index (χ3v) is 2.65. The van der Waals surface area contributed by atoms with Gasteiger partial charge in [-0.3, -0.25) is 4.79 Å². The molecule has 0 spiro atoms. The number of hydrogen-bond acceptors (Lipinski definition) is 1. The zero-order chi connectivity index (χ0) is 11.7. The first-order valence-corrected chi connectivity index (χ1v) is 4.99. The number of likely N-dealkylation sites (tertiary alicyclic amines) is 1. The SMILES string of the molecule is O=C1CCCN1Cc1ccc(F)c(F)c1F. The molecule has 1 amide bonds. The van der Waals surface area contributed by atoms with Crippen molar-refractivity contribution >= 4 is 5.91 Å². The van der Waals surface area contributed by atoms with Gasteiger partial charge in [0.05, 0.1) is 0 Å². The minimum absolute atomic E-state index is 0.00185. The van der Waals surface area contributed by atoms with Gasteiger partial charge < -0.3 is 4.90 Å². The van der Waals surface area contributed by atoms with E-state index in [0.29, 0.717) is 13.0 Å². The molecule has 0 saturated carbocycles. The molecule has 2 nitrogen and oxygen atoms in total. The predicted molar refractivity (Wildman–Crippen MR) is 51.0 cm³/mol. The first-order valence-electron chi connectivity index (χ1n) is 4.99. The largest absolute Gasteiger partial charge is 0.338 e. The van der Waals surface area contributed by atoms with Crippen LogP contribution >= 0.6 is 0 Å². The molecule has 1 aromatic carbocycles. The van der Waals surface area contributed by atoms with Crippen LogP contribution in [0.15, 0.2) is 12.1 Å². The van der Waals surface area contributed by atoms with Gasteiger partial charge in [0.15, 0.2) is 17.5 Å². The molecule has 2 rings (SSSR count). The van der Waals surface area contributed by atoms with E-state index in [1.165, 1.54) is 11.0 Å². The van der Waals surface area contributed by atoms with Crippen LogP contribution in [0.1, 0.15) is 18.4 Å². The van der Waals surface area contributed by atoms with Gasteiger partial charge >= 0.3 is 0 Å². The second-order valence-electron chi connectivity index (χ2n) is 3.75. The van der Waals surface area contributed by atoms with E-state index in [2.05, 4.69) is 0 Å². The summed E-state index contributed by atoms with van der Waals surface area (Å²) < 4.78 is 38.9. The van der Waals surface area contributed by atoms with Crippen LogP contribution < -0.4 is 0 Å². The van der Waals surface area contributed by atoms with Crippen LogP contribution in [0.3, 0.4) is 0 Å². The number of nitrogens with zero attached hydrogens (tertiary/aromatic N) is 1. The lowest BCUT2D eigenvalue weighted by molar-refractivity contribution is -0.128. The van der Waals surface area contributed by atoms with E-state index < -0.39 is 17.5 Å². The van der Waals surface area contributed by atoms with Crippen LogP contribution in [-0.2, 0) is 11.3 Å². The smallest absolute Gasteiger partial charge is 0.222 e. The number of carbonyl (C=O) groups is 1. The predicted octanol–water partition coefficient (Wildman–Crippen LogP) is 2.23. The van der Waals surface area contributed by atoms with Crippen molar-refractivity contribution in [1.29, 1.82) is 0 Å². The van der Waals surface area contributed by atoms with Crippen molar-refractivity contribution in [2.45, 2.75) is 19.4 Å². The molecule has 1 aliphatic heterocycles. The minimum atomic E-state index is -1.48. The molecular weight excluding hydrogens is 219 g/mol. The van der Waals surface area contributed by atoms with E-state index in [0.717, 1.165) is 12.5 Å². The maximum absolute atomic E-state index is 13.3. The summed E-state index contributed by atoms with van der Waals surface area (Å²) in [5.41, 5.74) is 0.00847. The summed E-state index contributed by atoms with van der Waals surface area (Å²) in [5.74, 6) is -3.98. The molecule has 0 N–H and O–H groups in total. The van der Waals surface area contributed by atoms with E-state index in [4.69, 9.17) is 0 Å². The Bertz CT molecular complexity index is 433. The highest BCUT2D eigenvalue weighted by Crippen LogP contribution is 2.19. The number of hydrogen-bond donors (Lipinski definition) is 0. The lowest BCUT2D eigenvalue weighted by atomic mass is 10.2. The molecular formula is C11H10F3NO. The summed E-state index contributed by atoms with van der Waals surface area (Å²) in [6.07, 6.45) is 1.16.